The molecule has 3 aromatic rings. The number of hydrogen-bond donors (Lipinski definition) is 0. The molecule has 8 heteroatoms. The Balaban J connectivity index is 1.11. The maximum absolute atomic E-state index is 13.4. The normalized spacial score (nSPS) is 18.9. The maximum Gasteiger partial charge on any atom is 0.410 e. The van der Waals surface area contributed by atoms with E-state index in [-0.39, 0.29) is 18.1 Å². The van der Waals surface area contributed by atoms with Gasteiger partial charge in [0.25, 0.3) is 0 Å². The first kappa shape index (κ1) is 31.6. The van der Waals surface area contributed by atoms with Crippen molar-refractivity contribution in [2.75, 3.05) is 32.8 Å². The van der Waals surface area contributed by atoms with Gasteiger partial charge < -0.3 is 19.3 Å². The topological polar surface area (TPSA) is 84.9 Å². The minimum atomic E-state index is -0.526. The number of aromatic nitrogens is 2. The fourth-order valence-electron chi connectivity index (χ4n) is 6.12. The Morgan fingerprint density at radius 3 is 2.27 bits per heavy atom. The molecule has 1 aromatic heterocycles. The highest BCUT2D eigenvalue weighted by atomic mass is 16.6. The predicted molar refractivity (Wildman–Crippen MR) is 171 cm³/mol. The van der Waals surface area contributed by atoms with Gasteiger partial charge in [0.05, 0.1) is 12.2 Å². The SMILES string of the molecule is CCOC(=O)c1ccc(CCCN2CCC(CN(C(=O)OC(C)(C)C)C3CC3c3ccc(-c4cncnc4)cc3)CC2)cc1. The summed E-state index contributed by atoms with van der Waals surface area (Å²) < 4.78 is 11.0. The molecule has 1 aliphatic carbocycles. The lowest BCUT2D eigenvalue weighted by molar-refractivity contribution is 0.0171. The zero-order chi connectivity index (χ0) is 31.1. The number of esters is 1. The van der Waals surface area contributed by atoms with Crippen molar-refractivity contribution in [2.24, 2.45) is 5.92 Å². The van der Waals surface area contributed by atoms with E-state index in [1.54, 1.807) is 6.33 Å². The molecule has 234 valence electrons. The summed E-state index contributed by atoms with van der Waals surface area (Å²) in [6, 6.07) is 16.5. The van der Waals surface area contributed by atoms with Gasteiger partial charge in [-0.15, -0.1) is 0 Å². The molecule has 2 unspecified atom stereocenters. The van der Waals surface area contributed by atoms with Crippen molar-refractivity contribution in [3.63, 3.8) is 0 Å². The van der Waals surface area contributed by atoms with Crippen LogP contribution in [-0.4, -0.2) is 76.3 Å². The van der Waals surface area contributed by atoms with Crippen molar-refractivity contribution in [2.45, 2.75) is 77.4 Å². The molecule has 0 radical (unpaired) electrons. The van der Waals surface area contributed by atoms with Crippen molar-refractivity contribution >= 4 is 12.1 Å². The van der Waals surface area contributed by atoms with Crippen LogP contribution in [0.15, 0.2) is 67.3 Å². The first-order chi connectivity index (χ1) is 21.2. The summed E-state index contributed by atoms with van der Waals surface area (Å²) >= 11 is 0. The van der Waals surface area contributed by atoms with Crippen molar-refractivity contribution in [3.05, 3.63) is 83.9 Å². The quantitative estimate of drug-likeness (QED) is 0.226. The highest BCUT2D eigenvalue weighted by molar-refractivity contribution is 5.89. The summed E-state index contributed by atoms with van der Waals surface area (Å²) in [7, 11) is 0. The van der Waals surface area contributed by atoms with Gasteiger partial charge in [-0.3, -0.25) is 0 Å². The van der Waals surface area contributed by atoms with E-state index >= 15 is 0 Å². The standard InChI is InChI=1S/C36H46N4O4/c1-5-43-34(41)30-10-8-26(9-11-30)7-6-18-39-19-16-27(17-20-39)24-40(35(42)44-36(2,3)4)33-21-32(33)29-14-12-28(13-15-29)31-22-37-25-38-23-31/h8-15,22-23,25,27,32-33H,5-7,16-21,24H2,1-4H3. The predicted octanol–water partition coefficient (Wildman–Crippen LogP) is 6.76. The number of aryl methyl sites for hydroxylation is 1. The molecule has 5 rings (SSSR count). The average molecular weight is 599 g/mol. The molecule has 8 nitrogen and oxygen atoms in total. The van der Waals surface area contributed by atoms with Crippen LogP contribution >= 0.6 is 0 Å². The third-order valence-corrected chi connectivity index (χ3v) is 8.58. The monoisotopic (exact) mass is 598 g/mol. The number of likely N-dealkylation sites (tertiary alicyclic amines) is 1. The molecule has 0 bridgehead atoms. The second-order valence-electron chi connectivity index (χ2n) is 13.1. The highest BCUT2D eigenvalue weighted by Gasteiger charge is 2.46. The molecule has 44 heavy (non-hydrogen) atoms. The molecule has 2 atom stereocenters. The van der Waals surface area contributed by atoms with Crippen LogP contribution in [-0.2, 0) is 15.9 Å². The van der Waals surface area contributed by atoms with Crippen LogP contribution in [0, 0.1) is 5.92 Å². The Morgan fingerprint density at radius 1 is 0.955 bits per heavy atom. The summed E-state index contributed by atoms with van der Waals surface area (Å²) in [5.41, 5.74) is 4.67. The van der Waals surface area contributed by atoms with Gasteiger partial charge in [-0.1, -0.05) is 36.4 Å². The van der Waals surface area contributed by atoms with Crippen LogP contribution in [0.25, 0.3) is 11.1 Å². The van der Waals surface area contributed by atoms with Crippen molar-refractivity contribution < 1.29 is 19.1 Å². The number of rotatable bonds is 11. The number of ether oxygens (including phenoxy) is 2. The molecule has 2 heterocycles. The third-order valence-electron chi connectivity index (χ3n) is 8.58. The molecule has 1 aliphatic heterocycles. The molecular formula is C36H46N4O4. The van der Waals surface area contributed by atoms with Gasteiger partial charge in [0.2, 0.25) is 0 Å². The zero-order valence-corrected chi connectivity index (χ0v) is 26.6. The van der Waals surface area contributed by atoms with Crippen molar-refractivity contribution in [3.8, 4) is 11.1 Å². The summed E-state index contributed by atoms with van der Waals surface area (Å²) in [6.07, 6.45) is 10.2. The molecule has 1 saturated carbocycles. The molecule has 0 N–H and O–H groups in total. The fraction of sp³-hybridized carbons (Fsp3) is 0.500. The van der Waals surface area contributed by atoms with E-state index in [1.807, 2.05) is 69.3 Å². The van der Waals surface area contributed by atoms with E-state index < -0.39 is 5.60 Å². The Hall–Kier alpha value is -3.78. The summed E-state index contributed by atoms with van der Waals surface area (Å²) in [5, 5.41) is 0. The van der Waals surface area contributed by atoms with E-state index in [4.69, 9.17) is 9.47 Å². The van der Waals surface area contributed by atoms with Gasteiger partial charge in [-0.2, -0.15) is 0 Å². The Bertz CT molecular complexity index is 1360. The lowest BCUT2D eigenvalue weighted by Crippen LogP contribution is -2.44. The minimum absolute atomic E-state index is 0.170. The van der Waals surface area contributed by atoms with Crippen LogP contribution in [0.5, 0.6) is 0 Å². The van der Waals surface area contributed by atoms with Gasteiger partial charge >= 0.3 is 12.1 Å². The van der Waals surface area contributed by atoms with E-state index in [2.05, 4.69) is 39.1 Å². The zero-order valence-electron chi connectivity index (χ0n) is 26.6. The van der Waals surface area contributed by atoms with E-state index in [0.29, 0.717) is 24.0 Å². The fourth-order valence-corrected chi connectivity index (χ4v) is 6.12. The molecule has 1 amide bonds. The molecular weight excluding hydrogens is 552 g/mol. The molecule has 2 aliphatic rings. The second kappa shape index (κ2) is 14.3. The number of hydrogen-bond acceptors (Lipinski definition) is 7. The lowest BCUT2D eigenvalue weighted by Gasteiger charge is -2.36. The number of piperidine rings is 1. The molecule has 2 aromatic carbocycles. The first-order valence-electron chi connectivity index (χ1n) is 16.0. The Morgan fingerprint density at radius 2 is 1.64 bits per heavy atom. The number of carbonyl (C=O) groups excluding carboxylic acids is 2. The lowest BCUT2D eigenvalue weighted by atomic mass is 9.95. The van der Waals surface area contributed by atoms with E-state index in [1.165, 1.54) is 11.1 Å². The summed E-state index contributed by atoms with van der Waals surface area (Å²) in [6.45, 7) is 11.9. The van der Waals surface area contributed by atoms with Crippen molar-refractivity contribution in [1.82, 2.24) is 19.8 Å². The number of amides is 1. The Labute approximate surface area is 261 Å². The molecule has 1 saturated heterocycles. The van der Waals surface area contributed by atoms with Crippen LogP contribution in [0.4, 0.5) is 4.79 Å². The smallest absolute Gasteiger partial charge is 0.410 e. The Kier molecular flexibility index (Phi) is 10.3. The van der Waals surface area contributed by atoms with Crippen LogP contribution in [0.3, 0.4) is 0 Å². The van der Waals surface area contributed by atoms with Crippen molar-refractivity contribution in [1.29, 1.82) is 0 Å². The van der Waals surface area contributed by atoms with E-state index in [0.717, 1.165) is 69.4 Å². The van der Waals surface area contributed by atoms with Crippen LogP contribution in [0.1, 0.15) is 80.8 Å². The van der Waals surface area contributed by atoms with Crippen LogP contribution < -0.4 is 0 Å². The number of carbonyl (C=O) groups is 2. The van der Waals surface area contributed by atoms with Gasteiger partial charge in [0, 0.05) is 36.5 Å². The number of nitrogens with zero attached hydrogens (tertiary/aromatic N) is 4. The summed E-state index contributed by atoms with van der Waals surface area (Å²) in [5.74, 6) is 0.531. The summed E-state index contributed by atoms with van der Waals surface area (Å²) in [4.78, 5) is 38.1. The minimum Gasteiger partial charge on any atom is -0.462 e. The molecule has 2 fully saturated rings. The number of benzene rings is 2. The maximum atomic E-state index is 13.4. The van der Waals surface area contributed by atoms with Crippen LogP contribution in [0.2, 0.25) is 0 Å². The van der Waals surface area contributed by atoms with Gasteiger partial charge in [0.1, 0.15) is 11.9 Å². The third kappa shape index (κ3) is 8.65. The second-order valence-corrected chi connectivity index (χ2v) is 13.1. The first-order valence-corrected chi connectivity index (χ1v) is 16.0. The average Bonchev–Trinajstić information content (AvgIpc) is 3.81. The van der Waals surface area contributed by atoms with Gasteiger partial charge in [-0.05, 0) is 114 Å². The molecule has 0 spiro atoms. The van der Waals surface area contributed by atoms with Gasteiger partial charge in [-0.25, -0.2) is 19.6 Å². The van der Waals surface area contributed by atoms with E-state index in [9.17, 15) is 9.59 Å². The largest absolute Gasteiger partial charge is 0.462 e. The van der Waals surface area contributed by atoms with Gasteiger partial charge in [0.15, 0.2) is 0 Å². The highest BCUT2D eigenvalue weighted by Crippen LogP contribution is 2.46.